The number of hydrogen-bond acceptors (Lipinski definition) is 5. The Labute approximate surface area is 187 Å². The second-order valence-corrected chi connectivity index (χ2v) is 8.39. The van der Waals surface area contributed by atoms with E-state index in [1.807, 2.05) is 6.07 Å². The Kier molecular flexibility index (Phi) is 6.69. The van der Waals surface area contributed by atoms with Crippen LogP contribution in [0.4, 0.5) is 0 Å². The molecule has 0 spiro atoms. The van der Waals surface area contributed by atoms with Gasteiger partial charge in [0.2, 0.25) is 6.79 Å². The number of aromatic nitrogens is 1. The third kappa shape index (κ3) is 4.53. The smallest absolute Gasteiger partial charge is 0.231 e. The minimum absolute atomic E-state index is 0. The van der Waals surface area contributed by atoms with E-state index >= 15 is 0 Å². The van der Waals surface area contributed by atoms with Gasteiger partial charge in [0.15, 0.2) is 17.5 Å². The first-order valence-corrected chi connectivity index (χ1v) is 10.3. The highest BCUT2D eigenvalue weighted by molar-refractivity contribution is 14.0. The van der Waals surface area contributed by atoms with Crippen LogP contribution in [0.15, 0.2) is 28.6 Å². The number of fused-ring (bicyclic) bond motifs is 1. The summed E-state index contributed by atoms with van der Waals surface area (Å²) in [5.41, 5.74) is 2.61. The molecule has 0 radical (unpaired) electrons. The molecule has 1 fully saturated rings. The molecule has 1 aliphatic carbocycles. The van der Waals surface area contributed by atoms with Crippen molar-refractivity contribution in [2.45, 2.75) is 44.6 Å². The minimum atomic E-state index is 0. The van der Waals surface area contributed by atoms with Gasteiger partial charge >= 0.3 is 0 Å². The van der Waals surface area contributed by atoms with Crippen molar-refractivity contribution in [3.63, 3.8) is 0 Å². The van der Waals surface area contributed by atoms with Gasteiger partial charge in [0.1, 0.15) is 5.01 Å². The van der Waals surface area contributed by atoms with E-state index in [1.54, 1.807) is 18.4 Å². The van der Waals surface area contributed by atoms with E-state index in [0.29, 0.717) is 19.3 Å². The Morgan fingerprint density at radius 3 is 2.71 bits per heavy atom. The molecule has 1 saturated carbocycles. The van der Waals surface area contributed by atoms with E-state index in [4.69, 9.17) is 9.47 Å². The zero-order chi connectivity index (χ0) is 18.9. The number of hydrogen-bond donors (Lipinski definition) is 2. The van der Waals surface area contributed by atoms with Crippen molar-refractivity contribution >= 4 is 41.3 Å². The van der Waals surface area contributed by atoms with Gasteiger partial charge in [-0.3, -0.25) is 4.99 Å². The molecular weight excluding hydrogens is 487 g/mol. The Balaban J connectivity index is 0.00000225. The lowest BCUT2D eigenvalue weighted by molar-refractivity contribution is 0.174. The lowest BCUT2D eigenvalue weighted by Crippen LogP contribution is -2.40. The molecule has 8 heteroatoms. The van der Waals surface area contributed by atoms with Crippen LogP contribution in [0.2, 0.25) is 0 Å². The van der Waals surface area contributed by atoms with E-state index in [0.717, 1.165) is 34.7 Å². The molecule has 0 bridgehead atoms. The Hall–Kier alpha value is -1.55. The Bertz CT molecular complexity index is 848. The van der Waals surface area contributed by atoms with Crippen molar-refractivity contribution in [3.05, 3.63) is 39.8 Å². The van der Waals surface area contributed by atoms with Crippen LogP contribution in [-0.4, -0.2) is 31.3 Å². The molecule has 28 heavy (non-hydrogen) atoms. The molecule has 1 aromatic carbocycles. The minimum Gasteiger partial charge on any atom is -0.454 e. The lowest BCUT2D eigenvalue weighted by atomic mass is 9.95. The molecule has 2 N–H and O–H groups in total. The van der Waals surface area contributed by atoms with Crippen molar-refractivity contribution < 1.29 is 9.47 Å². The number of nitrogens with zero attached hydrogens (tertiary/aromatic N) is 2. The summed E-state index contributed by atoms with van der Waals surface area (Å²) in [6, 6.07) is 6.29. The van der Waals surface area contributed by atoms with Crippen LogP contribution in [0.25, 0.3) is 0 Å². The van der Waals surface area contributed by atoms with Gasteiger partial charge in [-0.15, -0.1) is 35.3 Å². The molecule has 0 amide bonds. The van der Waals surface area contributed by atoms with Crippen molar-refractivity contribution in [2.75, 3.05) is 20.4 Å². The summed E-state index contributed by atoms with van der Waals surface area (Å²) < 4.78 is 11.0. The topological polar surface area (TPSA) is 67.8 Å². The predicted molar refractivity (Wildman–Crippen MR) is 123 cm³/mol. The third-order valence-electron chi connectivity index (χ3n) is 5.22. The predicted octanol–water partition coefficient (Wildman–Crippen LogP) is 4.01. The fourth-order valence-electron chi connectivity index (χ4n) is 3.25. The van der Waals surface area contributed by atoms with Crippen LogP contribution < -0.4 is 20.1 Å². The maximum Gasteiger partial charge on any atom is 0.231 e. The average molecular weight is 514 g/mol. The quantitative estimate of drug-likeness (QED) is 0.347. The Morgan fingerprint density at radius 1 is 1.25 bits per heavy atom. The van der Waals surface area contributed by atoms with Gasteiger partial charge in [-0.25, -0.2) is 4.98 Å². The highest BCUT2D eigenvalue weighted by Crippen LogP contribution is 2.49. The fraction of sp³-hybridized carbons (Fsp3) is 0.500. The summed E-state index contributed by atoms with van der Waals surface area (Å²) in [6.45, 7) is 6.18. The first kappa shape index (κ1) is 21.2. The molecule has 1 aromatic heterocycles. The van der Waals surface area contributed by atoms with Crippen molar-refractivity contribution in [2.24, 2.45) is 4.99 Å². The van der Waals surface area contributed by atoms with E-state index in [9.17, 15) is 0 Å². The first-order valence-electron chi connectivity index (χ1n) is 9.38. The number of aliphatic imine (C=N–C) groups is 1. The van der Waals surface area contributed by atoms with E-state index in [-0.39, 0.29) is 29.4 Å². The lowest BCUT2D eigenvalue weighted by Gasteiger charge is -2.19. The van der Waals surface area contributed by atoms with E-state index in [1.165, 1.54) is 18.4 Å². The van der Waals surface area contributed by atoms with Gasteiger partial charge in [-0.1, -0.05) is 19.9 Å². The van der Waals surface area contributed by atoms with Gasteiger partial charge in [-0.05, 0) is 36.5 Å². The monoisotopic (exact) mass is 514 g/mol. The van der Waals surface area contributed by atoms with Crippen LogP contribution in [-0.2, 0) is 12.0 Å². The van der Waals surface area contributed by atoms with Crippen LogP contribution in [0.1, 0.15) is 48.9 Å². The van der Waals surface area contributed by atoms with Crippen LogP contribution >= 0.6 is 35.3 Å². The molecule has 0 unspecified atom stereocenters. The van der Waals surface area contributed by atoms with Crippen molar-refractivity contribution in [1.29, 1.82) is 0 Å². The van der Waals surface area contributed by atoms with Crippen molar-refractivity contribution in [1.82, 2.24) is 15.6 Å². The average Bonchev–Trinajstić information content (AvgIpc) is 3.08. The van der Waals surface area contributed by atoms with Crippen LogP contribution in [0, 0.1) is 0 Å². The highest BCUT2D eigenvalue weighted by atomic mass is 127. The second kappa shape index (κ2) is 8.86. The Morgan fingerprint density at radius 2 is 2.04 bits per heavy atom. The number of benzene rings is 1. The maximum absolute atomic E-state index is 5.53. The normalized spacial score (nSPS) is 16.6. The molecule has 1 aliphatic heterocycles. The fourth-order valence-corrected chi connectivity index (χ4v) is 4.14. The van der Waals surface area contributed by atoms with Gasteiger partial charge < -0.3 is 20.1 Å². The molecular formula is C20H27IN4O2S. The van der Waals surface area contributed by atoms with Gasteiger partial charge in [0, 0.05) is 24.4 Å². The van der Waals surface area contributed by atoms with Crippen LogP contribution in [0.5, 0.6) is 11.5 Å². The number of thiazole rings is 1. The third-order valence-corrected chi connectivity index (χ3v) is 6.09. The van der Waals surface area contributed by atoms with Crippen LogP contribution in [0.3, 0.4) is 0 Å². The van der Waals surface area contributed by atoms with Gasteiger partial charge in [0.25, 0.3) is 0 Å². The summed E-state index contributed by atoms with van der Waals surface area (Å²) in [6.07, 6.45) is 2.34. The maximum atomic E-state index is 5.53. The number of rotatable bonds is 6. The molecule has 6 nitrogen and oxygen atoms in total. The van der Waals surface area contributed by atoms with E-state index in [2.05, 4.69) is 52.0 Å². The zero-order valence-corrected chi connectivity index (χ0v) is 19.6. The number of guanidine groups is 1. The standard InChI is InChI=1S/C20H26N4O2S.HI/c1-13(2)15-10-27-18(24-15)9-22-19(21-3)23-11-20(6-7-20)14-4-5-16-17(8-14)26-12-25-16;/h4-5,8,10,13H,6-7,9,11-12H2,1-3H3,(H2,21,22,23);1H. The molecule has 2 heterocycles. The van der Waals surface area contributed by atoms with Gasteiger partial charge in [0.05, 0.1) is 12.2 Å². The summed E-state index contributed by atoms with van der Waals surface area (Å²) in [4.78, 5) is 9.02. The molecule has 0 saturated heterocycles. The number of halogens is 1. The molecule has 4 rings (SSSR count). The second-order valence-electron chi connectivity index (χ2n) is 7.45. The number of nitrogens with one attached hydrogen (secondary N) is 2. The zero-order valence-electron chi connectivity index (χ0n) is 16.4. The number of ether oxygens (including phenoxy) is 2. The SMILES string of the molecule is CN=C(NCc1nc(C(C)C)cs1)NCC1(c2ccc3c(c2)OCO3)CC1.I. The highest BCUT2D eigenvalue weighted by Gasteiger charge is 2.44. The molecule has 2 aromatic rings. The summed E-state index contributed by atoms with van der Waals surface area (Å²) in [7, 11) is 1.80. The van der Waals surface area contributed by atoms with E-state index < -0.39 is 0 Å². The molecule has 2 aliphatic rings. The summed E-state index contributed by atoms with van der Waals surface area (Å²) in [5, 5.41) is 10.1. The van der Waals surface area contributed by atoms with Gasteiger partial charge in [-0.2, -0.15) is 0 Å². The molecule has 152 valence electrons. The molecule has 0 atom stereocenters. The summed E-state index contributed by atoms with van der Waals surface area (Å²) >= 11 is 1.69. The summed E-state index contributed by atoms with van der Waals surface area (Å²) in [5.74, 6) is 2.96. The van der Waals surface area contributed by atoms with Crippen molar-refractivity contribution in [3.8, 4) is 11.5 Å². The largest absolute Gasteiger partial charge is 0.454 e. The first-order chi connectivity index (χ1) is 13.1.